The number of para-hydroxylation sites is 1. The molecule has 0 atom stereocenters. The van der Waals surface area contributed by atoms with E-state index in [1.54, 1.807) is 41.2 Å². The van der Waals surface area contributed by atoms with E-state index >= 15 is 0 Å². The Morgan fingerprint density at radius 1 is 1.03 bits per heavy atom. The first kappa shape index (κ1) is 24.9. The van der Waals surface area contributed by atoms with Gasteiger partial charge in [-0.1, -0.05) is 55.5 Å². The lowest BCUT2D eigenvalue weighted by Gasteiger charge is -2.28. The third kappa shape index (κ3) is 5.50. The predicted octanol–water partition coefficient (Wildman–Crippen LogP) is 5.03. The van der Waals surface area contributed by atoms with E-state index in [9.17, 15) is 12.8 Å². The summed E-state index contributed by atoms with van der Waals surface area (Å²) in [5.74, 6) is 0.851. The predicted molar refractivity (Wildman–Crippen MR) is 138 cm³/mol. The molecule has 1 aliphatic heterocycles. The molecule has 8 nitrogen and oxygen atoms in total. The van der Waals surface area contributed by atoms with Crippen LogP contribution in [-0.4, -0.2) is 34.3 Å². The van der Waals surface area contributed by atoms with E-state index in [-0.39, 0.29) is 29.6 Å². The summed E-state index contributed by atoms with van der Waals surface area (Å²) in [6.07, 6.45) is 1.69. The van der Waals surface area contributed by atoms with Crippen LogP contribution in [0.5, 0.6) is 11.5 Å². The van der Waals surface area contributed by atoms with E-state index < -0.39 is 10.0 Å². The summed E-state index contributed by atoms with van der Waals surface area (Å²) >= 11 is 0. The van der Waals surface area contributed by atoms with Gasteiger partial charge in [0.15, 0.2) is 0 Å². The molecule has 1 N–H and O–H groups in total. The van der Waals surface area contributed by atoms with Crippen LogP contribution in [0.25, 0.3) is 0 Å². The van der Waals surface area contributed by atoms with Crippen molar-refractivity contribution in [2.45, 2.75) is 38.4 Å². The van der Waals surface area contributed by atoms with E-state index in [1.807, 2.05) is 24.3 Å². The SMILES string of the molecule is CC(C)CNc1cccc2c1S(=O)(=O)N(Cc1cn(Cc3cccc(F)c3)nn1)Cc1ccccc1O2. The highest BCUT2D eigenvalue weighted by molar-refractivity contribution is 7.89. The molecule has 0 spiro atoms. The number of rotatable bonds is 7. The quantitative estimate of drug-likeness (QED) is 0.367. The highest BCUT2D eigenvalue weighted by atomic mass is 32.2. The number of hydrogen-bond donors (Lipinski definition) is 1. The number of benzene rings is 3. The maximum absolute atomic E-state index is 14.1. The summed E-state index contributed by atoms with van der Waals surface area (Å²) in [4.78, 5) is 0.0947. The standard InChI is InChI=1S/C27H28FN5O3S/c1-19(2)14-29-24-10-6-12-26-27(24)37(34,35)33(16-21-8-3-4-11-25(21)36-26)18-23-17-32(31-30-23)15-20-7-5-9-22(28)13-20/h3-13,17,19,29H,14-16,18H2,1-2H3. The van der Waals surface area contributed by atoms with Gasteiger partial charge in [-0.15, -0.1) is 5.10 Å². The number of ether oxygens (including phenoxy) is 1. The molecule has 0 unspecified atom stereocenters. The summed E-state index contributed by atoms with van der Waals surface area (Å²) < 4.78 is 50.9. The van der Waals surface area contributed by atoms with Crippen molar-refractivity contribution in [3.63, 3.8) is 0 Å². The number of anilines is 1. The van der Waals surface area contributed by atoms with E-state index in [4.69, 9.17) is 4.74 Å². The van der Waals surface area contributed by atoms with Crippen molar-refractivity contribution in [1.29, 1.82) is 0 Å². The first-order chi connectivity index (χ1) is 17.8. The monoisotopic (exact) mass is 521 g/mol. The Bertz CT molecular complexity index is 1520. The lowest BCUT2D eigenvalue weighted by Crippen LogP contribution is -2.32. The lowest BCUT2D eigenvalue weighted by atomic mass is 10.2. The van der Waals surface area contributed by atoms with Crippen molar-refractivity contribution in [3.8, 4) is 11.5 Å². The van der Waals surface area contributed by atoms with Crippen LogP contribution in [0.2, 0.25) is 0 Å². The number of aromatic nitrogens is 3. The lowest BCUT2D eigenvalue weighted by molar-refractivity contribution is 0.372. The fourth-order valence-corrected chi connectivity index (χ4v) is 5.86. The second-order valence-corrected chi connectivity index (χ2v) is 11.3. The normalized spacial score (nSPS) is 14.8. The zero-order valence-electron chi connectivity index (χ0n) is 20.6. The average Bonchev–Trinajstić information content (AvgIpc) is 3.29. The molecular weight excluding hydrogens is 493 g/mol. The van der Waals surface area contributed by atoms with Crippen LogP contribution in [0.1, 0.15) is 30.7 Å². The van der Waals surface area contributed by atoms with Gasteiger partial charge in [0, 0.05) is 18.7 Å². The number of fused-ring (bicyclic) bond motifs is 2. The van der Waals surface area contributed by atoms with Crippen LogP contribution in [0.3, 0.4) is 0 Å². The van der Waals surface area contributed by atoms with Crippen molar-refractivity contribution in [2.75, 3.05) is 11.9 Å². The fourth-order valence-electron chi connectivity index (χ4n) is 4.20. The van der Waals surface area contributed by atoms with Gasteiger partial charge >= 0.3 is 0 Å². The smallest absolute Gasteiger partial charge is 0.249 e. The van der Waals surface area contributed by atoms with Gasteiger partial charge in [0.1, 0.15) is 22.2 Å². The molecule has 0 saturated heterocycles. The minimum absolute atomic E-state index is 0.0117. The van der Waals surface area contributed by atoms with Gasteiger partial charge in [-0.05, 0) is 41.8 Å². The highest BCUT2D eigenvalue weighted by Gasteiger charge is 2.34. The molecule has 4 aromatic rings. The molecule has 0 saturated carbocycles. The van der Waals surface area contributed by atoms with Gasteiger partial charge in [-0.3, -0.25) is 0 Å². The molecule has 0 radical (unpaired) electrons. The molecule has 0 fully saturated rings. The molecule has 0 bridgehead atoms. The first-order valence-corrected chi connectivity index (χ1v) is 13.5. The molecule has 10 heteroatoms. The number of sulfonamides is 1. The molecular formula is C27H28FN5O3S. The minimum Gasteiger partial charge on any atom is -0.456 e. The third-order valence-corrected chi connectivity index (χ3v) is 7.85. The topological polar surface area (TPSA) is 89.4 Å². The van der Waals surface area contributed by atoms with Crippen molar-refractivity contribution in [1.82, 2.24) is 19.3 Å². The summed E-state index contributed by atoms with van der Waals surface area (Å²) in [7, 11) is -4.00. The minimum atomic E-state index is -4.00. The largest absolute Gasteiger partial charge is 0.456 e. The highest BCUT2D eigenvalue weighted by Crippen LogP contribution is 2.41. The number of halogens is 1. The molecule has 5 rings (SSSR count). The Kier molecular flexibility index (Phi) is 6.94. The summed E-state index contributed by atoms with van der Waals surface area (Å²) in [5.41, 5.74) is 2.44. The Labute approximate surface area is 215 Å². The molecule has 192 valence electrons. The Morgan fingerprint density at radius 2 is 1.81 bits per heavy atom. The van der Waals surface area contributed by atoms with Crippen molar-refractivity contribution >= 4 is 15.7 Å². The summed E-state index contributed by atoms with van der Waals surface area (Å²) in [6.45, 7) is 5.16. The fraction of sp³-hybridized carbons (Fsp3) is 0.259. The molecule has 0 aliphatic carbocycles. The van der Waals surface area contributed by atoms with E-state index in [2.05, 4.69) is 29.5 Å². The van der Waals surface area contributed by atoms with Crippen LogP contribution in [-0.2, 0) is 29.7 Å². The zero-order chi connectivity index (χ0) is 26.0. The first-order valence-electron chi connectivity index (χ1n) is 12.1. The maximum atomic E-state index is 14.1. The Balaban J connectivity index is 1.51. The molecule has 37 heavy (non-hydrogen) atoms. The van der Waals surface area contributed by atoms with Gasteiger partial charge in [0.25, 0.3) is 0 Å². The van der Waals surface area contributed by atoms with Gasteiger partial charge < -0.3 is 10.1 Å². The second kappa shape index (κ2) is 10.3. The summed E-state index contributed by atoms with van der Waals surface area (Å²) in [6, 6.07) is 18.8. The molecule has 3 aromatic carbocycles. The zero-order valence-corrected chi connectivity index (χ0v) is 21.5. The number of hydrogen-bond acceptors (Lipinski definition) is 6. The number of nitrogens with one attached hydrogen (secondary N) is 1. The van der Waals surface area contributed by atoms with Gasteiger partial charge in [0.2, 0.25) is 10.0 Å². The van der Waals surface area contributed by atoms with Crippen LogP contribution < -0.4 is 10.1 Å². The van der Waals surface area contributed by atoms with E-state index in [0.29, 0.717) is 36.1 Å². The molecule has 2 heterocycles. The molecule has 1 aliphatic rings. The Hall–Kier alpha value is -3.76. The van der Waals surface area contributed by atoms with Crippen LogP contribution in [0.4, 0.5) is 10.1 Å². The van der Waals surface area contributed by atoms with E-state index in [1.165, 1.54) is 16.4 Å². The van der Waals surface area contributed by atoms with Crippen LogP contribution in [0.15, 0.2) is 77.8 Å². The van der Waals surface area contributed by atoms with E-state index in [0.717, 1.165) is 11.1 Å². The molecule has 1 aromatic heterocycles. The third-order valence-electron chi connectivity index (χ3n) is 5.97. The second-order valence-electron chi connectivity index (χ2n) is 9.43. The summed E-state index contributed by atoms with van der Waals surface area (Å²) in [5, 5.41) is 11.6. The van der Waals surface area contributed by atoms with Gasteiger partial charge in [-0.25, -0.2) is 17.5 Å². The van der Waals surface area contributed by atoms with Crippen LogP contribution in [0, 0.1) is 11.7 Å². The van der Waals surface area contributed by atoms with Gasteiger partial charge in [-0.2, -0.15) is 4.31 Å². The van der Waals surface area contributed by atoms with Crippen LogP contribution >= 0.6 is 0 Å². The van der Waals surface area contributed by atoms with Gasteiger partial charge in [0.05, 0.1) is 30.7 Å². The van der Waals surface area contributed by atoms with Crippen molar-refractivity contribution in [3.05, 3.63) is 95.6 Å². The van der Waals surface area contributed by atoms with Crippen molar-refractivity contribution < 1.29 is 17.5 Å². The number of nitrogens with zero attached hydrogens (tertiary/aromatic N) is 4. The molecule has 0 amide bonds. The Morgan fingerprint density at radius 3 is 2.62 bits per heavy atom. The maximum Gasteiger partial charge on any atom is 0.249 e. The average molecular weight is 522 g/mol. The van der Waals surface area contributed by atoms with Crippen molar-refractivity contribution in [2.24, 2.45) is 5.92 Å².